The number of furan rings is 1. The van der Waals surface area contributed by atoms with Crippen LogP contribution in [0.1, 0.15) is 29.0 Å². The van der Waals surface area contributed by atoms with Crippen molar-refractivity contribution >= 4 is 22.8 Å². The highest BCUT2D eigenvalue weighted by molar-refractivity contribution is 5.96. The lowest BCUT2D eigenvalue weighted by Gasteiger charge is -2.14. The van der Waals surface area contributed by atoms with E-state index in [1.165, 1.54) is 0 Å². The van der Waals surface area contributed by atoms with Crippen molar-refractivity contribution in [3.63, 3.8) is 0 Å². The van der Waals surface area contributed by atoms with Gasteiger partial charge in [-0.2, -0.15) is 0 Å². The molecule has 0 radical (unpaired) electrons. The number of carbonyl (C=O) groups is 2. The molecule has 1 saturated heterocycles. The minimum absolute atomic E-state index is 0.0265. The first-order chi connectivity index (χ1) is 10.6. The zero-order valence-corrected chi connectivity index (χ0v) is 12.9. The Labute approximate surface area is 129 Å². The second kappa shape index (κ2) is 5.83. The fourth-order valence-corrected chi connectivity index (χ4v) is 3.02. The fraction of sp³-hybridized carbons (Fsp3) is 0.412. The van der Waals surface area contributed by atoms with Gasteiger partial charge in [0.2, 0.25) is 5.91 Å². The van der Waals surface area contributed by atoms with Crippen molar-refractivity contribution in [3.8, 4) is 0 Å². The number of para-hydroxylation sites is 1. The summed E-state index contributed by atoms with van der Waals surface area (Å²) >= 11 is 0. The molecule has 0 saturated carbocycles. The molecule has 2 heterocycles. The molecule has 3 rings (SSSR count). The molecular formula is C17H20N2O3. The Bertz CT molecular complexity index is 720. The number of fused-ring (bicyclic) bond motifs is 1. The molecule has 0 aliphatic carbocycles. The first kappa shape index (κ1) is 14.6. The van der Waals surface area contributed by atoms with Crippen molar-refractivity contribution < 1.29 is 14.0 Å². The van der Waals surface area contributed by atoms with E-state index < -0.39 is 0 Å². The Kier molecular flexibility index (Phi) is 3.88. The van der Waals surface area contributed by atoms with Gasteiger partial charge in [-0.1, -0.05) is 18.2 Å². The standard InChI is InChI=1S/C17H20N2O3/c1-11-4-3-5-13-9-14(22-16(11)13)17(21)19-7-6-12(10-19)8-15(20)18-2/h3-5,9,12H,6-8,10H2,1-2H3,(H,18,20). The third-order valence-electron chi connectivity index (χ3n) is 4.28. The van der Waals surface area contributed by atoms with Crippen molar-refractivity contribution in [3.05, 3.63) is 35.6 Å². The summed E-state index contributed by atoms with van der Waals surface area (Å²) in [5.41, 5.74) is 1.79. The average molecular weight is 300 g/mol. The monoisotopic (exact) mass is 300 g/mol. The molecule has 0 spiro atoms. The average Bonchev–Trinajstić information content (AvgIpc) is 3.14. The topological polar surface area (TPSA) is 62.6 Å². The van der Waals surface area contributed by atoms with Gasteiger partial charge in [-0.15, -0.1) is 0 Å². The summed E-state index contributed by atoms with van der Waals surface area (Å²) in [5.74, 6) is 0.550. The van der Waals surface area contributed by atoms with E-state index in [1.807, 2.05) is 25.1 Å². The van der Waals surface area contributed by atoms with Gasteiger partial charge >= 0.3 is 0 Å². The number of nitrogens with zero attached hydrogens (tertiary/aromatic N) is 1. The zero-order chi connectivity index (χ0) is 15.7. The lowest BCUT2D eigenvalue weighted by atomic mass is 10.0. The number of likely N-dealkylation sites (tertiary alicyclic amines) is 1. The highest BCUT2D eigenvalue weighted by Gasteiger charge is 2.29. The van der Waals surface area contributed by atoms with Crippen molar-refractivity contribution in [1.82, 2.24) is 10.2 Å². The van der Waals surface area contributed by atoms with Crippen LogP contribution in [0.3, 0.4) is 0 Å². The smallest absolute Gasteiger partial charge is 0.289 e. The van der Waals surface area contributed by atoms with Gasteiger partial charge < -0.3 is 14.6 Å². The Hall–Kier alpha value is -2.30. The molecule has 1 fully saturated rings. The maximum Gasteiger partial charge on any atom is 0.289 e. The molecule has 5 heteroatoms. The number of nitrogens with one attached hydrogen (secondary N) is 1. The van der Waals surface area contributed by atoms with Crippen LogP contribution in [-0.4, -0.2) is 36.9 Å². The molecule has 5 nitrogen and oxygen atoms in total. The Morgan fingerprint density at radius 3 is 2.95 bits per heavy atom. The number of amides is 2. The van der Waals surface area contributed by atoms with E-state index in [0.29, 0.717) is 25.3 Å². The summed E-state index contributed by atoms with van der Waals surface area (Å²) in [6, 6.07) is 7.67. The van der Waals surface area contributed by atoms with Crippen LogP contribution in [0, 0.1) is 12.8 Å². The predicted octanol–water partition coefficient (Wildman–Crippen LogP) is 2.34. The molecule has 1 atom stereocenters. The maximum absolute atomic E-state index is 12.6. The molecular weight excluding hydrogens is 280 g/mol. The second-order valence-electron chi connectivity index (χ2n) is 5.89. The molecule has 0 bridgehead atoms. The number of hydrogen-bond donors (Lipinski definition) is 1. The lowest BCUT2D eigenvalue weighted by Crippen LogP contribution is -2.29. The first-order valence-corrected chi connectivity index (χ1v) is 7.57. The normalized spacial score (nSPS) is 17.9. The third-order valence-corrected chi connectivity index (χ3v) is 4.28. The summed E-state index contributed by atoms with van der Waals surface area (Å²) in [6.45, 7) is 3.26. The van der Waals surface area contributed by atoms with Crippen LogP contribution in [0.25, 0.3) is 11.0 Å². The van der Waals surface area contributed by atoms with Crippen molar-refractivity contribution in [2.45, 2.75) is 19.8 Å². The number of benzene rings is 1. The molecule has 2 aromatic rings. The molecule has 1 unspecified atom stereocenters. The third kappa shape index (κ3) is 2.71. The Morgan fingerprint density at radius 1 is 1.41 bits per heavy atom. The summed E-state index contributed by atoms with van der Waals surface area (Å²) in [7, 11) is 1.64. The van der Waals surface area contributed by atoms with Gasteiger partial charge in [0.05, 0.1) is 0 Å². The van der Waals surface area contributed by atoms with E-state index >= 15 is 0 Å². The Balaban J connectivity index is 1.73. The van der Waals surface area contributed by atoms with E-state index in [1.54, 1.807) is 18.0 Å². The highest BCUT2D eigenvalue weighted by Crippen LogP contribution is 2.26. The summed E-state index contributed by atoms with van der Waals surface area (Å²) < 4.78 is 5.74. The minimum Gasteiger partial charge on any atom is -0.451 e. The summed E-state index contributed by atoms with van der Waals surface area (Å²) in [4.78, 5) is 25.8. The highest BCUT2D eigenvalue weighted by atomic mass is 16.3. The number of hydrogen-bond acceptors (Lipinski definition) is 3. The molecule has 1 aliphatic heterocycles. The minimum atomic E-state index is -0.0880. The molecule has 2 amide bonds. The van der Waals surface area contributed by atoms with Crippen molar-refractivity contribution in [2.24, 2.45) is 5.92 Å². The predicted molar refractivity (Wildman–Crippen MR) is 83.6 cm³/mol. The van der Waals surface area contributed by atoms with Gasteiger partial charge in [-0.3, -0.25) is 9.59 Å². The van der Waals surface area contributed by atoms with E-state index in [2.05, 4.69) is 5.32 Å². The first-order valence-electron chi connectivity index (χ1n) is 7.57. The SMILES string of the molecule is CNC(=O)CC1CCN(C(=O)c2cc3cccc(C)c3o2)C1. The lowest BCUT2D eigenvalue weighted by molar-refractivity contribution is -0.121. The molecule has 1 N–H and O–H groups in total. The molecule has 1 aromatic carbocycles. The number of aryl methyl sites for hydroxylation is 1. The molecule has 22 heavy (non-hydrogen) atoms. The van der Waals surface area contributed by atoms with Crippen LogP contribution >= 0.6 is 0 Å². The van der Waals surface area contributed by atoms with Crippen LogP contribution in [0.5, 0.6) is 0 Å². The fourth-order valence-electron chi connectivity index (χ4n) is 3.02. The van der Waals surface area contributed by atoms with Crippen LogP contribution in [0.15, 0.2) is 28.7 Å². The van der Waals surface area contributed by atoms with Crippen LogP contribution in [0.2, 0.25) is 0 Å². The van der Waals surface area contributed by atoms with Crippen LogP contribution < -0.4 is 5.32 Å². The van der Waals surface area contributed by atoms with E-state index in [-0.39, 0.29) is 17.7 Å². The molecule has 1 aliphatic rings. The molecule has 1 aromatic heterocycles. The van der Waals surface area contributed by atoms with E-state index in [0.717, 1.165) is 23.0 Å². The van der Waals surface area contributed by atoms with Gasteiger partial charge in [0.25, 0.3) is 5.91 Å². The van der Waals surface area contributed by atoms with Gasteiger partial charge in [-0.05, 0) is 30.9 Å². The maximum atomic E-state index is 12.6. The Morgan fingerprint density at radius 2 is 2.23 bits per heavy atom. The van der Waals surface area contributed by atoms with Crippen molar-refractivity contribution in [2.75, 3.05) is 20.1 Å². The summed E-state index contributed by atoms with van der Waals surface area (Å²) in [5, 5.41) is 3.58. The largest absolute Gasteiger partial charge is 0.451 e. The summed E-state index contributed by atoms with van der Waals surface area (Å²) in [6.07, 6.45) is 1.33. The molecule has 116 valence electrons. The van der Waals surface area contributed by atoms with Crippen LogP contribution in [-0.2, 0) is 4.79 Å². The second-order valence-corrected chi connectivity index (χ2v) is 5.89. The van der Waals surface area contributed by atoms with Crippen LogP contribution in [0.4, 0.5) is 0 Å². The van der Waals surface area contributed by atoms with Gasteiger partial charge in [-0.25, -0.2) is 0 Å². The number of rotatable bonds is 3. The quantitative estimate of drug-likeness (QED) is 0.946. The van der Waals surface area contributed by atoms with E-state index in [4.69, 9.17) is 4.42 Å². The van der Waals surface area contributed by atoms with Gasteiger partial charge in [0.1, 0.15) is 5.58 Å². The van der Waals surface area contributed by atoms with E-state index in [9.17, 15) is 9.59 Å². The number of carbonyl (C=O) groups excluding carboxylic acids is 2. The van der Waals surface area contributed by atoms with Gasteiger partial charge in [0, 0.05) is 31.9 Å². The zero-order valence-electron chi connectivity index (χ0n) is 12.9. The van der Waals surface area contributed by atoms with Gasteiger partial charge in [0.15, 0.2) is 5.76 Å². The van der Waals surface area contributed by atoms with Crippen molar-refractivity contribution in [1.29, 1.82) is 0 Å².